The number of fused-ring (bicyclic) bond motifs is 3. The molecule has 27 heavy (non-hydrogen) atoms. The maximum absolute atomic E-state index is 13.1. The van der Waals surface area contributed by atoms with E-state index in [9.17, 15) is 4.79 Å². The number of para-hydroxylation sites is 2. The van der Waals surface area contributed by atoms with Crippen molar-refractivity contribution in [3.05, 3.63) is 81.5 Å². The number of nitriles is 1. The predicted octanol–water partition coefficient (Wildman–Crippen LogP) is 3.94. The van der Waals surface area contributed by atoms with Crippen molar-refractivity contribution in [3.63, 3.8) is 0 Å². The van der Waals surface area contributed by atoms with E-state index in [0.29, 0.717) is 28.6 Å². The maximum atomic E-state index is 13.1. The molecule has 2 aliphatic heterocycles. The lowest BCUT2D eigenvalue weighted by Gasteiger charge is -2.11. The Hall–Kier alpha value is -3.63. The minimum Gasteiger partial charge on any atom is -0.469 e. The third-order valence-corrected chi connectivity index (χ3v) is 5.42. The van der Waals surface area contributed by atoms with Crippen molar-refractivity contribution in [1.29, 1.82) is 5.26 Å². The zero-order valence-corrected chi connectivity index (χ0v) is 14.8. The van der Waals surface area contributed by atoms with Crippen LogP contribution in [0, 0.1) is 11.3 Å². The maximum Gasteiger partial charge on any atom is 0.279 e. The molecule has 0 aliphatic carbocycles. The van der Waals surface area contributed by atoms with Gasteiger partial charge in [-0.15, -0.1) is 11.3 Å². The van der Waals surface area contributed by atoms with Crippen LogP contribution >= 0.6 is 11.3 Å². The number of furan rings is 1. The number of aromatic amines is 1. The summed E-state index contributed by atoms with van der Waals surface area (Å²) >= 11 is 1.36. The number of benzene rings is 1. The Kier molecular flexibility index (Phi) is 3.45. The molecular weight excluding hydrogens is 360 g/mol. The Morgan fingerprint density at radius 1 is 1.19 bits per heavy atom. The molecule has 6 nitrogen and oxygen atoms in total. The molecule has 5 rings (SSSR count). The van der Waals surface area contributed by atoms with Gasteiger partial charge in [-0.3, -0.25) is 9.36 Å². The molecule has 0 saturated heterocycles. The van der Waals surface area contributed by atoms with E-state index in [1.165, 1.54) is 11.3 Å². The molecule has 0 radical (unpaired) electrons. The Balaban J connectivity index is 1.81. The van der Waals surface area contributed by atoms with E-state index in [-0.39, 0.29) is 5.56 Å². The molecule has 1 aromatic carbocycles. The molecule has 130 valence electrons. The zero-order chi connectivity index (χ0) is 18.4. The monoisotopic (exact) mass is 372 g/mol. The highest BCUT2D eigenvalue weighted by molar-refractivity contribution is 7.16. The molecule has 4 heterocycles. The SMILES string of the molecule is N#Cc1ccc(-c2[nH]c3ccccc3n3c(=O)c(Cc4ccco4)nc2-3)s1. The number of aromatic nitrogens is 3. The lowest BCUT2D eigenvalue weighted by atomic mass is 10.2. The van der Waals surface area contributed by atoms with Crippen molar-refractivity contribution in [3.8, 4) is 22.5 Å². The van der Waals surface area contributed by atoms with Crippen LogP contribution in [0.25, 0.3) is 27.4 Å². The highest BCUT2D eigenvalue weighted by atomic mass is 32.1. The van der Waals surface area contributed by atoms with E-state index in [1.807, 2.05) is 36.4 Å². The molecule has 1 N–H and O–H groups in total. The van der Waals surface area contributed by atoms with Crippen molar-refractivity contribution in [2.45, 2.75) is 6.42 Å². The second kappa shape index (κ2) is 5.97. The standard InChI is InChI=1S/C20H12N4O2S/c21-11-13-7-8-17(27-13)18-19-23-15(10-12-4-3-9-26-12)20(25)24(19)16-6-2-1-5-14(16)22-18/h1-9,22H,10H2. The number of nitrogens with zero attached hydrogens (tertiary/aromatic N) is 3. The normalized spacial score (nSPS) is 11.2. The number of hydrogen-bond donors (Lipinski definition) is 1. The van der Waals surface area contributed by atoms with Crippen LogP contribution in [0.3, 0.4) is 0 Å². The summed E-state index contributed by atoms with van der Waals surface area (Å²) in [6.45, 7) is 0. The second-order valence-corrected chi connectivity index (χ2v) is 7.16. The quantitative estimate of drug-likeness (QED) is 0.520. The third-order valence-electron chi connectivity index (χ3n) is 4.42. The number of rotatable bonds is 3. The number of nitrogens with one attached hydrogen (secondary N) is 1. The van der Waals surface area contributed by atoms with Gasteiger partial charge in [-0.25, -0.2) is 4.98 Å². The van der Waals surface area contributed by atoms with Gasteiger partial charge in [0, 0.05) is 0 Å². The Bertz CT molecular complexity index is 1330. The van der Waals surface area contributed by atoms with Crippen LogP contribution in [0.15, 0.2) is 64.0 Å². The minimum absolute atomic E-state index is 0.162. The van der Waals surface area contributed by atoms with Crippen molar-refractivity contribution in [2.24, 2.45) is 0 Å². The summed E-state index contributed by atoms with van der Waals surface area (Å²) in [5.41, 5.74) is 2.57. The molecule has 0 bridgehead atoms. The molecule has 0 atom stereocenters. The van der Waals surface area contributed by atoms with Gasteiger partial charge < -0.3 is 9.40 Å². The molecule has 0 spiro atoms. The number of thiophene rings is 1. The summed E-state index contributed by atoms with van der Waals surface area (Å²) < 4.78 is 7.01. The van der Waals surface area contributed by atoms with E-state index in [2.05, 4.69) is 16.0 Å². The average Bonchev–Trinajstić information content (AvgIpc) is 3.43. The van der Waals surface area contributed by atoms with Gasteiger partial charge in [-0.2, -0.15) is 5.26 Å². The summed E-state index contributed by atoms with van der Waals surface area (Å²) in [7, 11) is 0. The van der Waals surface area contributed by atoms with Crippen LogP contribution in [0.2, 0.25) is 0 Å². The average molecular weight is 372 g/mol. The van der Waals surface area contributed by atoms with Crippen molar-refractivity contribution < 1.29 is 4.42 Å². The fraction of sp³-hybridized carbons (Fsp3) is 0.0500. The van der Waals surface area contributed by atoms with Crippen LogP contribution in [0.4, 0.5) is 0 Å². The highest BCUT2D eigenvalue weighted by Crippen LogP contribution is 2.33. The smallest absolute Gasteiger partial charge is 0.279 e. The minimum atomic E-state index is -0.162. The van der Waals surface area contributed by atoms with Crippen molar-refractivity contribution in [2.75, 3.05) is 0 Å². The van der Waals surface area contributed by atoms with Crippen molar-refractivity contribution in [1.82, 2.24) is 14.5 Å². The van der Waals surface area contributed by atoms with E-state index in [0.717, 1.165) is 21.6 Å². The fourth-order valence-corrected chi connectivity index (χ4v) is 4.00. The summed E-state index contributed by atoms with van der Waals surface area (Å²) in [6.07, 6.45) is 1.91. The molecule has 3 aromatic rings. The van der Waals surface area contributed by atoms with Crippen LogP contribution in [0.5, 0.6) is 0 Å². The van der Waals surface area contributed by atoms with Crippen LogP contribution in [-0.2, 0) is 6.42 Å². The van der Waals surface area contributed by atoms with E-state index < -0.39 is 0 Å². The van der Waals surface area contributed by atoms with Gasteiger partial charge in [0.2, 0.25) is 0 Å². The zero-order valence-electron chi connectivity index (χ0n) is 14.0. The third kappa shape index (κ3) is 2.46. The lowest BCUT2D eigenvalue weighted by molar-refractivity contribution is 0.519. The largest absolute Gasteiger partial charge is 0.469 e. The number of imidazole rings is 1. The summed E-state index contributed by atoms with van der Waals surface area (Å²) in [5.74, 6) is 1.24. The molecular formula is C20H12N4O2S. The fourth-order valence-electron chi connectivity index (χ4n) is 3.20. The first-order valence-corrected chi connectivity index (χ1v) is 9.11. The first-order chi connectivity index (χ1) is 13.2. The Morgan fingerprint density at radius 3 is 2.85 bits per heavy atom. The molecule has 0 fully saturated rings. The number of H-pyrrole nitrogens is 1. The van der Waals surface area contributed by atoms with Crippen LogP contribution in [0.1, 0.15) is 16.3 Å². The van der Waals surface area contributed by atoms with Gasteiger partial charge in [0.25, 0.3) is 5.56 Å². The molecule has 2 aliphatic rings. The molecule has 0 unspecified atom stereocenters. The van der Waals surface area contributed by atoms with Gasteiger partial charge in [0.1, 0.15) is 28.1 Å². The Morgan fingerprint density at radius 2 is 2.07 bits per heavy atom. The second-order valence-electron chi connectivity index (χ2n) is 6.07. The van der Waals surface area contributed by atoms with Gasteiger partial charge in [-0.05, 0) is 36.4 Å². The summed E-state index contributed by atoms with van der Waals surface area (Å²) in [6, 6.07) is 17.0. The van der Waals surface area contributed by atoms with E-state index in [1.54, 1.807) is 23.0 Å². The lowest BCUT2D eigenvalue weighted by Crippen LogP contribution is -2.17. The molecule has 7 heteroatoms. The van der Waals surface area contributed by atoms with Gasteiger partial charge in [0.05, 0.1) is 28.6 Å². The molecule has 0 amide bonds. The van der Waals surface area contributed by atoms with Crippen LogP contribution in [-0.4, -0.2) is 14.5 Å². The summed E-state index contributed by atoms with van der Waals surface area (Å²) in [5, 5.41) is 9.14. The van der Waals surface area contributed by atoms with Gasteiger partial charge in [0.15, 0.2) is 5.82 Å². The first kappa shape index (κ1) is 15.6. The van der Waals surface area contributed by atoms with Gasteiger partial charge in [-0.1, -0.05) is 12.1 Å². The topological polar surface area (TPSA) is 87.6 Å². The molecule has 2 aromatic heterocycles. The van der Waals surface area contributed by atoms with Crippen molar-refractivity contribution >= 4 is 22.4 Å². The summed E-state index contributed by atoms with van der Waals surface area (Å²) in [4.78, 5) is 22.6. The highest BCUT2D eigenvalue weighted by Gasteiger charge is 2.23. The van der Waals surface area contributed by atoms with Crippen LogP contribution < -0.4 is 5.56 Å². The van der Waals surface area contributed by atoms with E-state index >= 15 is 0 Å². The Labute approximate surface area is 157 Å². The molecule has 0 saturated carbocycles. The van der Waals surface area contributed by atoms with Gasteiger partial charge >= 0.3 is 0 Å². The predicted molar refractivity (Wildman–Crippen MR) is 102 cm³/mol. The number of hydrogen-bond acceptors (Lipinski definition) is 5. The first-order valence-electron chi connectivity index (χ1n) is 8.29. The van der Waals surface area contributed by atoms with E-state index in [4.69, 9.17) is 9.68 Å².